The molecule has 1 aromatic heterocycles. The average molecular weight is 367 g/mol. The lowest BCUT2D eigenvalue weighted by atomic mass is 9.99. The number of nitrogens with one attached hydrogen (secondary N) is 1. The SMILES string of the molecule is Cc1cc2oc(=O)cc(C[NH+]3CC=C(c4ccccc4)CC3)c2cc1Cl. The van der Waals surface area contributed by atoms with Gasteiger partial charge in [0.25, 0.3) is 0 Å². The van der Waals surface area contributed by atoms with E-state index in [0.29, 0.717) is 10.6 Å². The molecule has 1 atom stereocenters. The van der Waals surface area contributed by atoms with Crippen LogP contribution in [0.5, 0.6) is 0 Å². The highest BCUT2D eigenvalue weighted by Gasteiger charge is 2.18. The topological polar surface area (TPSA) is 34.6 Å². The molecule has 0 saturated carbocycles. The first-order chi connectivity index (χ1) is 12.6. The van der Waals surface area contributed by atoms with E-state index >= 15 is 0 Å². The molecule has 1 aliphatic rings. The first kappa shape index (κ1) is 17.1. The Kier molecular flexibility index (Phi) is 4.66. The molecule has 4 rings (SSSR count). The quantitative estimate of drug-likeness (QED) is 0.718. The van der Waals surface area contributed by atoms with Gasteiger partial charge in [0.15, 0.2) is 0 Å². The summed E-state index contributed by atoms with van der Waals surface area (Å²) in [7, 11) is 0. The van der Waals surface area contributed by atoms with Crippen molar-refractivity contribution < 1.29 is 9.32 Å². The van der Waals surface area contributed by atoms with Crippen LogP contribution in [0.4, 0.5) is 0 Å². The highest BCUT2D eigenvalue weighted by molar-refractivity contribution is 6.32. The van der Waals surface area contributed by atoms with Crippen molar-refractivity contribution >= 4 is 28.1 Å². The molecule has 0 saturated heterocycles. The number of quaternary nitrogens is 1. The molecule has 1 unspecified atom stereocenters. The second-order valence-corrected chi connectivity index (χ2v) is 7.32. The summed E-state index contributed by atoms with van der Waals surface area (Å²) in [5.74, 6) is 0. The Balaban J connectivity index is 1.60. The van der Waals surface area contributed by atoms with E-state index in [4.69, 9.17) is 16.0 Å². The van der Waals surface area contributed by atoms with Gasteiger partial charge < -0.3 is 9.32 Å². The molecule has 1 N–H and O–H groups in total. The van der Waals surface area contributed by atoms with Gasteiger partial charge in [0.1, 0.15) is 12.1 Å². The minimum Gasteiger partial charge on any atom is -0.423 e. The van der Waals surface area contributed by atoms with Crippen molar-refractivity contribution in [3.63, 3.8) is 0 Å². The molecule has 0 aliphatic carbocycles. The van der Waals surface area contributed by atoms with Gasteiger partial charge in [-0.3, -0.25) is 0 Å². The van der Waals surface area contributed by atoms with Gasteiger partial charge in [-0.15, -0.1) is 0 Å². The smallest absolute Gasteiger partial charge is 0.336 e. The van der Waals surface area contributed by atoms with E-state index in [2.05, 4.69) is 30.3 Å². The fourth-order valence-corrected chi connectivity index (χ4v) is 3.79. The van der Waals surface area contributed by atoms with E-state index < -0.39 is 0 Å². The van der Waals surface area contributed by atoms with E-state index in [0.717, 1.165) is 42.6 Å². The van der Waals surface area contributed by atoms with Crippen molar-refractivity contribution in [1.82, 2.24) is 0 Å². The molecule has 0 fully saturated rings. The molecular formula is C22H21ClNO2+. The Labute approximate surface area is 157 Å². The van der Waals surface area contributed by atoms with Gasteiger partial charge in [-0.25, -0.2) is 4.79 Å². The van der Waals surface area contributed by atoms with Crippen molar-refractivity contribution in [2.24, 2.45) is 0 Å². The van der Waals surface area contributed by atoms with E-state index in [1.54, 1.807) is 6.07 Å². The fourth-order valence-electron chi connectivity index (χ4n) is 3.62. The standard InChI is InChI=1S/C22H20ClNO2/c1-15-11-21-19(13-20(15)23)18(12-22(25)26-21)14-24-9-7-17(8-10-24)16-5-3-2-4-6-16/h2-7,11-13H,8-10,14H2,1H3/p+1. The van der Waals surface area contributed by atoms with Crippen LogP contribution in [-0.4, -0.2) is 13.1 Å². The van der Waals surface area contributed by atoms with Crippen LogP contribution in [0.25, 0.3) is 16.5 Å². The predicted octanol–water partition coefficient (Wildman–Crippen LogP) is 3.63. The summed E-state index contributed by atoms with van der Waals surface area (Å²) >= 11 is 6.29. The van der Waals surface area contributed by atoms with Crippen LogP contribution in [0.15, 0.2) is 63.8 Å². The largest absolute Gasteiger partial charge is 0.423 e. The van der Waals surface area contributed by atoms with E-state index in [1.165, 1.54) is 16.0 Å². The van der Waals surface area contributed by atoms with Crippen LogP contribution in [0.2, 0.25) is 5.02 Å². The van der Waals surface area contributed by atoms with E-state index in [-0.39, 0.29) is 5.63 Å². The molecule has 3 aromatic rings. The molecule has 3 nitrogen and oxygen atoms in total. The van der Waals surface area contributed by atoms with Crippen molar-refractivity contribution in [3.05, 3.63) is 86.7 Å². The number of aryl methyl sites for hydroxylation is 1. The zero-order valence-corrected chi connectivity index (χ0v) is 15.5. The summed E-state index contributed by atoms with van der Waals surface area (Å²) in [5, 5.41) is 1.64. The number of benzene rings is 2. The summed E-state index contributed by atoms with van der Waals surface area (Å²) in [4.78, 5) is 13.4. The normalized spacial score (nSPS) is 17.3. The van der Waals surface area contributed by atoms with Gasteiger partial charge in [-0.2, -0.15) is 0 Å². The molecule has 132 valence electrons. The maximum Gasteiger partial charge on any atom is 0.336 e. The predicted molar refractivity (Wildman–Crippen MR) is 106 cm³/mol. The summed E-state index contributed by atoms with van der Waals surface area (Å²) in [5.41, 5.74) is 4.95. The summed E-state index contributed by atoms with van der Waals surface area (Å²) in [6.07, 6.45) is 3.36. The molecule has 4 heteroatoms. The minimum atomic E-state index is -0.300. The zero-order chi connectivity index (χ0) is 18.1. The monoisotopic (exact) mass is 366 g/mol. The van der Waals surface area contributed by atoms with Gasteiger partial charge in [-0.05, 0) is 41.8 Å². The van der Waals surface area contributed by atoms with Crippen LogP contribution >= 0.6 is 11.6 Å². The third-order valence-corrected chi connectivity index (χ3v) is 5.49. The lowest BCUT2D eigenvalue weighted by Crippen LogP contribution is -3.11. The van der Waals surface area contributed by atoms with E-state index in [1.807, 2.05) is 25.1 Å². The fraction of sp³-hybridized carbons (Fsp3) is 0.227. The number of halogens is 1. The molecule has 0 spiro atoms. The van der Waals surface area contributed by atoms with Crippen LogP contribution in [0.3, 0.4) is 0 Å². The molecule has 1 aliphatic heterocycles. The highest BCUT2D eigenvalue weighted by atomic mass is 35.5. The number of hydrogen-bond acceptors (Lipinski definition) is 2. The van der Waals surface area contributed by atoms with Crippen molar-refractivity contribution in [1.29, 1.82) is 0 Å². The minimum absolute atomic E-state index is 0.300. The van der Waals surface area contributed by atoms with Gasteiger partial charge in [0.2, 0.25) is 0 Å². The van der Waals surface area contributed by atoms with E-state index in [9.17, 15) is 4.79 Å². The van der Waals surface area contributed by atoms with Crippen molar-refractivity contribution in [3.8, 4) is 0 Å². The lowest BCUT2D eigenvalue weighted by molar-refractivity contribution is -0.908. The van der Waals surface area contributed by atoms with Gasteiger partial charge in [-0.1, -0.05) is 41.9 Å². The van der Waals surface area contributed by atoms with Crippen LogP contribution in [0, 0.1) is 6.92 Å². The molecule has 2 aromatic carbocycles. The maximum absolute atomic E-state index is 12.0. The molecule has 2 heterocycles. The Morgan fingerprint density at radius 1 is 1.15 bits per heavy atom. The third-order valence-electron chi connectivity index (χ3n) is 5.08. The van der Waals surface area contributed by atoms with Crippen LogP contribution in [-0.2, 0) is 6.54 Å². The van der Waals surface area contributed by atoms with Crippen LogP contribution in [0.1, 0.15) is 23.1 Å². The van der Waals surface area contributed by atoms with Gasteiger partial charge in [0, 0.05) is 28.5 Å². The van der Waals surface area contributed by atoms with Crippen molar-refractivity contribution in [2.75, 3.05) is 13.1 Å². The number of fused-ring (bicyclic) bond motifs is 1. The maximum atomic E-state index is 12.0. The van der Waals surface area contributed by atoms with Crippen LogP contribution < -0.4 is 10.5 Å². The Morgan fingerprint density at radius 2 is 1.96 bits per heavy atom. The lowest BCUT2D eigenvalue weighted by Gasteiger charge is -2.24. The summed E-state index contributed by atoms with van der Waals surface area (Å²) in [6, 6.07) is 15.9. The molecule has 0 bridgehead atoms. The number of rotatable bonds is 3. The van der Waals surface area contributed by atoms with Gasteiger partial charge in [0.05, 0.1) is 13.1 Å². The first-order valence-electron chi connectivity index (χ1n) is 8.91. The van der Waals surface area contributed by atoms with Gasteiger partial charge >= 0.3 is 5.63 Å². The van der Waals surface area contributed by atoms with Crippen molar-refractivity contribution in [2.45, 2.75) is 19.9 Å². The Bertz CT molecular complexity index is 1040. The first-order valence-corrected chi connectivity index (χ1v) is 9.29. The second kappa shape index (κ2) is 7.10. The second-order valence-electron chi connectivity index (χ2n) is 6.91. The zero-order valence-electron chi connectivity index (χ0n) is 14.7. The number of hydrogen-bond donors (Lipinski definition) is 1. The summed E-state index contributed by atoms with van der Waals surface area (Å²) < 4.78 is 5.37. The average Bonchev–Trinajstić information content (AvgIpc) is 2.65. The Hall–Kier alpha value is -2.36. The Morgan fingerprint density at radius 3 is 2.69 bits per heavy atom. The third kappa shape index (κ3) is 3.46. The molecular weight excluding hydrogens is 346 g/mol. The molecule has 26 heavy (non-hydrogen) atoms. The summed E-state index contributed by atoms with van der Waals surface area (Å²) in [6.45, 7) is 4.70. The molecule has 0 amide bonds. The molecule has 0 radical (unpaired) electrons. The highest BCUT2D eigenvalue weighted by Crippen LogP contribution is 2.25.